The van der Waals surface area contributed by atoms with Crippen LogP contribution in [0.25, 0.3) is 0 Å². The maximum atomic E-state index is 2.68. The van der Waals surface area contributed by atoms with E-state index in [1.165, 1.54) is 70.9 Å². The lowest BCUT2D eigenvalue weighted by atomic mass is 10.1. The highest BCUT2D eigenvalue weighted by atomic mass is 127. The van der Waals surface area contributed by atoms with Crippen molar-refractivity contribution in [3.8, 4) is 0 Å². The molecule has 0 N–H and O–H groups in total. The summed E-state index contributed by atoms with van der Waals surface area (Å²) in [6, 6.07) is 0. The van der Waals surface area contributed by atoms with E-state index in [0.29, 0.717) is 0 Å². The summed E-state index contributed by atoms with van der Waals surface area (Å²) in [7, 11) is 0. The van der Waals surface area contributed by atoms with Crippen LogP contribution in [0.15, 0.2) is 0 Å². The Kier molecular flexibility index (Phi) is 8.07. The molecule has 1 heterocycles. The Morgan fingerprint density at radius 3 is 2.33 bits per heavy atom. The van der Waals surface area contributed by atoms with E-state index in [0.717, 1.165) is 4.05 Å². The van der Waals surface area contributed by atoms with Gasteiger partial charge < -0.3 is 0 Å². The molecule has 0 bridgehead atoms. The molecule has 1 nitrogen and oxygen atoms in total. The fraction of sp³-hybridized carbons (Fsp3) is 1.00. The summed E-state index contributed by atoms with van der Waals surface area (Å²) in [4.78, 5) is 2.68. The predicted molar refractivity (Wildman–Crippen MR) is 76.6 cm³/mol. The third-order valence-corrected chi connectivity index (χ3v) is 4.74. The number of alkyl halides is 1. The van der Waals surface area contributed by atoms with Crippen LogP contribution in [-0.4, -0.2) is 22.0 Å². The minimum Gasteiger partial charge on any atom is -0.292 e. The summed E-state index contributed by atoms with van der Waals surface area (Å²) in [5.41, 5.74) is 0. The molecule has 0 aromatic carbocycles. The average Bonchev–Trinajstić information content (AvgIpc) is 2.30. The molecular formula is C13H26IN. The molecule has 0 aromatic rings. The van der Waals surface area contributed by atoms with Crippen molar-refractivity contribution in [2.24, 2.45) is 0 Å². The topological polar surface area (TPSA) is 3.24 Å². The molecule has 90 valence electrons. The lowest BCUT2D eigenvalue weighted by Crippen LogP contribution is -2.35. The standard InChI is InChI=1S/C13H26IN/c1-2-3-4-5-7-10-13(14)15-11-8-6-9-12-15/h13H,2-12H2,1H3. The number of nitrogens with zero attached hydrogens (tertiary/aromatic N) is 1. The van der Waals surface area contributed by atoms with Crippen molar-refractivity contribution in [1.29, 1.82) is 0 Å². The number of piperidine rings is 1. The van der Waals surface area contributed by atoms with Crippen LogP contribution in [-0.2, 0) is 0 Å². The summed E-state index contributed by atoms with van der Waals surface area (Å²) in [5.74, 6) is 0. The molecule has 1 aliphatic heterocycles. The average molecular weight is 323 g/mol. The lowest BCUT2D eigenvalue weighted by Gasteiger charge is -2.31. The first-order chi connectivity index (χ1) is 7.34. The molecule has 1 rings (SSSR count). The van der Waals surface area contributed by atoms with Gasteiger partial charge in [0.15, 0.2) is 0 Å². The SMILES string of the molecule is CCCCCCCC(I)N1CCCCC1. The van der Waals surface area contributed by atoms with Crippen molar-refractivity contribution in [2.45, 2.75) is 68.8 Å². The van der Waals surface area contributed by atoms with Gasteiger partial charge in [-0.3, -0.25) is 4.90 Å². The maximum absolute atomic E-state index is 2.68. The Balaban J connectivity index is 1.99. The van der Waals surface area contributed by atoms with Crippen LogP contribution in [0.3, 0.4) is 0 Å². The van der Waals surface area contributed by atoms with Crippen molar-refractivity contribution in [3.05, 3.63) is 0 Å². The molecule has 0 radical (unpaired) electrons. The normalized spacial score (nSPS) is 20.4. The second-order valence-corrected chi connectivity index (χ2v) is 6.17. The molecule has 15 heavy (non-hydrogen) atoms. The Morgan fingerprint density at radius 2 is 1.67 bits per heavy atom. The van der Waals surface area contributed by atoms with E-state index in [1.54, 1.807) is 0 Å². The predicted octanol–water partition coefficient (Wildman–Crippen LogP) is 4.59. The first-order valence-electron chi connectivity index (χ1n) is 6.72. The van der Waals surface area contributed by atoms with Gasteiger partial charge in [-0.2, -0.15) is 0 Å². The second kappa shape index (κ2) is 8.80. The highest BCUT2D eigenvalue weighted by Gasteiger charge is 2.16. The highest BCUT2D eigenvalue weighted by molar-refractivity contribution is 14.1. The van der Waals surface area contributed by atoms with Crippen LogP contribution >= 0.6 is 22.6 Å². The van der Waals surface area contributed by atoms with Crippen molar-refractivity contribution in [3.63, 3.8) is 0 Å². The highest BCUT2D eigenvalue weighted by Crippen LogP contribution is 2.21. The number of hydrogen-bond donors (Lipinski definition) is 0. The van der Waals surface area contributed by atoms with Crippen LogP contribution in [0.5, 0.6) is 0 Å². The summed E-state index contributed by atoms with van der Waals surface area (Å²) >= 11 is 2.65. The number of hydrogen-bond acceptors (Lipinski definition) is 1. The summed E-state index contributed by atoms with van der Waals surface area (Å²) < 4.78 is 0.810. The van der Waals surface area contributed by atoms with Gasteiger partial charge in [-0.1, -0.05) is 68.0 Å². The van der Waals surface area contributed by atoms with Crippen LogP contribution in [0, 0.1) is 0 Å². The fourth-order valence-electron chi connectivity index (χ4n) is 2.30. The van der Waals surface area contributed by atoms with Crippen LogP contribution in [0.4, 0.5) is 0 Å². The molecule has 1 atom stereocenters. The zero-order valence-electron chi connectivity index (χ0n) is 10.2. The number of rotatable bonds is 7. The quantitative estimate of drug-likeness (QED) is 0.287. The van der Waals surface area contributed by atoms with Crippen LogP contribution in [0.2, 0.25) is 0 Å². The molecule has 0 amide bonds. The van der Waals surface area contributed by atoms with Crippen LogP contribution < -0.4 is 0 Å². The summed E-state index contributed by atoms with van der Waals surface area (Å²) in [6.07, 6.45) is 12.8. The van der Waals surface area contributed by atoms with E-state index in [2.05, 4.69) is 34.4 Å². The Hall–Kier alpha value is 0.690. The van der Waals surface area contributed by atoms with Gasteiger partial charge in [0.25, 0.3) is 0 Å². The van der Waals surface area contributed by atoms with Gasteiger partial charge >= 0.3 is 0 Å². The third kappa shape index (κ3) is 6.10. The molecular weight excluding hydrogens is 297 g/mol. The second-order valence-electron chi connectivity index (χ2n) is 4.73. The minimum atomic E-state index is 0.810. The van der Waals surface area contributed by atoms with E-state index in [-0.39, 0.29) is 0 Å². The molecule has 2 heteroatoms. The van der Waals surface area contributed by atoms with Crippen molar-refractivity contribution >= 4 is 22.6 Å². The van der Waals surface area contributed by atoms with Crippen molar-refractivity contribution in [2.75, 3.05) is 13.1 Å². The Morgan fingerprint density at radius 1 is 1.00 bits per heavy atom. The van der Waals surface area contributed by atoms with Crippen molar-refractivity contribution in [1.82, 2.24) is 4.90 Å². The van der Waals surface area contributed by atoms with Gasteiger partial charge in [-0.25, -0.2) is 0 Å². The molecule has 0 spiro atoms. The van der Waals surface area contributed by atoms with Crippen LogP contribution in [0.1, 0.15) is 64.7 Å². The lowest BCUT2D eigenvalue weighted by molar-refractivity contribution is 0.213. The number of unbranched alkanes of at least 4 members (excludes halogenated alkanes) is 4. The molecule has 0 aromatic heterocycles. The number of likely N-dealkylation sites (tertiary alicyclic amines) is 1. The van der Waals surface area contributed by atoms with Gasteiger partial charge in [0, 0.05) is 0 Å². The Bertz CT molecular complexity index is 143. The molecule has 1 aliphatic rings. The van der Waals surface area contributed by atoms with Gasteiger partial charge in [0.2, 0.25) is 0 Å². The molecule has 1 saturated heterocycles. The molecule has 0 aliphatic carbocycles. The van der Waals surface area contributed by atoms with E-state index in [9.17, 15) is 0 Å². The Labute approximate surface area is 109 Å². The molecule has 1 unspecified atom stereocenters. The van der Waals surface area contributed by atoms with Gasteiger partial charge in [0.1, 0.15) is 0 Å². The fourth-order valence-corrected chi connectivity index (χ4v) is 3.29. The van der Waals surface area contributed by atoms with E-state index >= 15 is 0 Å². The van der Waals surface area contributed by atoms with Crippen molar-refractivity contribution < 1.29 is 0 Å². The zero-order chi connectivity index (χ0) is 10.9. The number of halogens is 1. The minimum absolute atomic E-state index is 0.810. The molecule has 0 saturated carbocycles. The zero-order valence-corrected chi connectivity index (χ0v) is 12.3. The van der Waals surface area contributed by atoms with E-state index < -0.39 is 0 Å². The smallest absolute Gasteiger partial charge is 0.0618 e. The first-order valence-corrected chi connectivity index (χ1v) is 7.97. The maximum Gasteiger partial charge on any atom is 0.0618 e. The first kappa shape index (κ1) is 13.8. The van der Waals surface area contributed by atoms with E-state index in [4.69, 9.17) is 0 Å². The van der Waals surface area contributed by atoms with Gasteiger partial charge in [-0.15, -0.1) is 0 Å². The summed E-state index contributed by atoms with van der Waals surface area (Å²) in [6.45, 7) is 4.99. The van der Waals surface area contributed by atoms with Gasteiger partial charge in [0.05, 0.1) is 4.05 Å². The largest absolute Gasteiger partial charge is 0.292 e. The van der Waals surface area contributed by atoms with Gasteiger partial charge in [-0.05, 0) is 32.4 Å². The summed E-state index contributed by atoms with van der Waals surface area (Å²) in [5, 5.41) is 0. The third-order valence-electron chi connectivity index (χ3n) is 3.33. The monoisotopic (exact) mass is 323 g/mol. The van der Waals surface area contributed by atoms with E-state index in [1.807, 2.05) is 0 Å². The molecule has 1 fully saturated rings.